The summed E-state index contributed by atoms with van der Waals surface area (Å²) in [4.78, 5) is 28.2. The van der Waals surface area contributed by atoms with Crippen LogP contribution in [0.1, 0.15) is 29.4 Å². The van der Waals surface area contributed by atoms with E-state index in [-0.39, 0.29) is 11.4 Å². The molecule has 2 aromatic heterocycles. The molecular formula is C15H14F5N3O2. The fraction of sp³-hybridized carbons (Fsp3) is 0.400. The maximum absolute atomic E-state index is 13.5. The summed E-state index contributed by atoms with van der Waals surface area (Å²) in [6.45, 7) is 2.85. The van der Waals surface area contributed by atoms with Gasteiger partial charge in [0, 0.05) is 20.0 Å². The summed E-state index contributed by atoms with van der Waals surface area (Å²) in [5.41, 5.74) is -4.57. The molecule has 136 valence electrons. The molecule has 0 N–H and O–H groups in total. The molecule has 25 heavy (non-hydrogen) atoms. The Balaban J connectivity index is 2.82. The zero-order valence-electron chi connectivity index (χ0n) is 13.7. The van der Waals surface area contributed by atoms with E-state index in [1.165, 1.54) is 6.92 Å². The van der Waals surface area contributed by atoms with E-state index >= 15 is 0 Å². The van der Waals surface area contributed by atoms with Crippen LogP contribution in [0.5, 0.6) is 0 Å². The Morgan fingerprint density at radius 1 is 1.04 bits per heavy atom. The van der Waals surface area contributed by atoms with Gasteiger partial charge in [-0.15, -0.1) is 0 Å². The standard InChI is InChI=1S/C15H14F5N3O2/c1-7-5-9(15(18,19)20)8(2)21-12(7)23-11(24)6-10(14(3,16)17)22(4)13(23)25/h5-6H,1-4H3. The lowest BCUT2D eigenvalue weighted by Crippen LogP contribution is -2.41. The third kappa shape index (κ3) is 3.33. The van der Waals surface area contributed by atoms with Crippen molar-refractivity contribution in [2.75, 3.05) is 0 Å². The highest BCUT2D eigenvalue weighted by molar-refractivity contribution is 5.39. The van der Waals surface area contributed by atoms with E-state index < -0.39 is 40.3 Å². The molecule has 0 bridgehead atoms. The SMILES string of the molecule is Cc1cc(C(F)(F)F)c(C)nc1-n1c(=O)cc(C(C)(F)F)n(C)c1=O. The fourth-order valence-electron chi connectivity index (χ4n) is 2.45. The third-order valence-electron chi connectivity index (χ3n) is 3.66. The molecule has 0 unspecified atom stereocenters. The normalized spacial score (nSPS) is 12.5. The first-order valence-corrected chi connectivity index (χ1v) is 7.02. The lowest BCUT2D eigenvalue weighted by atomic mass is 10.1. The molecule has 0 fully saturated rings. The van der Waals surface area contributed by atoms with Gasteiger partial charge in [0.25, 0.3) is 11.5 Å². The molecule has 0 aliphatic carbocycles. The smallest absolute Gasteiger partial charge is 0.294 e. The van der Waals surface area contributed by atoms with Crippen molar-refractivity contribution in [1.82, 2.24) is 14.1 Å². The fourth-order valence-corrected chi connectivity index (χ4v) is 2.45. The van der Waals surface area contributed by atoms with Crippen LogP contribution >= 0.6 is 0 Å². The molecular weight excluding hydrogens is 349 g/mol. The van der Waals surface area contributed by atoms with Crippen LogP contribution in [0.25, 0.3) is 5.82 Å². The summed E-state index contributed by atoms with van der Waals surface area (Å²) in [5.74, 6) is -3.77. The Morgan fingerprint density at radius 3 is 2.08 bits per heavy atom. The van der Waals surface area contributed by atoms with E-state index in [4.69, 9.17) is 0 Å². The molecule has 2 heterocycles. The predicted octanol–water partition coefficient (Wildman–Crippen LogP) is 2.68. The highest BCUT2D eigenvalue weighted by atomic mass is 19.4. The topological polar surface area (TPSA) is 56.9 Å². The molecule has 2 rings (SSSR count). The molecule has 10 heteroatoms. The molecule has 0 aliphatic rings. The molecule has 0 amide bonds. The van der Waals surface area contributed by atoms with Gasteiger partial charge < -0.3 is 0 Å². The average molecular weight is 363 g/mol. The van der Waals surface area contributed by atoms with Crippen LogP contribution in [0.4, 0.5) is 22.0 Å². The van der Waals surface area contributed by atoms with Crippen LogP contribution in [0.3, 0.4) is 0 Å². The van der Waals surface area contributed by atoms with Crippen LogP contribution < -0.4 is 11.2 Å². The number of nitrogens with zero attached hydrogens (tertiary/aromatic N) is 3. The highest BCUT2D eigenvalue weighted by Gasteiger charge is 2.34. The van der Waals surface area contributed by atoms with Crippen molar-refractivity contribution in [3.8, 4) is 5.82 Å². The summed E-state index contributed by atoms with van der Waals surface area (Å²) in [7, 11) is 1.04. The number of aryl methyl sites for hydroxylation is 2. The Bertz CT molecular complexity index is 952. The van der Waals surface area contributed by atoms with E-state index in [9.17, 15) is 31.5 Å². The monoisotopic (exact) mass is 363 g/mol. The Labute approximate surface area is 138 Å². The second kappa shape index (κ2) is 5.78. The van der Waals surface area contributed by atoms with Crippen LogP contribution in [0.15, 0.2) is 21.7 Å². The van der Waals surface area contributed by atoms with Gasteiger partial charge in [0.2, 0.25) is 0 Å². The van der Waals surface area contributed by atoms with Gasteiger partial charge in [-0.05, 0) is 25.5 Å². The Morgan fingerprint density at radius 2 is 1.60 bits per heavy atom. The van der Waals surface area contributed by atoms with Crippen molar-refractivity contribution in [3.05, 3.63) is 55.5 Å². The number of hydrogen-bond acceptors (Lipinski definition) is 3. The number of aromatic nitrogens is 3. The minimum Gasteiger partial charge on any atom is -0.294 e. The van der Waals surface area contributed by atoms with Crippen molar-refractivity contribution in [2.45, 2.75) is 32.9 Å². The molecule has 0 radical (unpaired) electrons. The van der Waals surface area contributed by atoms with Crippen molar-refractivity contribution in [2.24, 2.45) is 7.05 Å². The molecule has 0 aliphatic heterocycles. The maximum atomic E-state index is 13.5. The number of rotatable bonds is 2. The second-order valence-corrected chi connectivity index (χ2v) is 5.69. The largest absolute Gasteiger partial charge is 0.418 e. The molecule has 0 saturated heterocycles. The Hall–Kier alpha value is -2.52. The van der Waals surface area contributed by atoms with Crippen LogP contribution in [0.2, 0.25) is 0 Å². The van der Waals surface area contributed by atoms with Gasteiger partial charge in [-0.2, -0.15) is 13.2 Å². The number of alkyl halides is 5. The first-order chi connectivity index (χ1) is 11.2. The lowest BCUT2D eigenvalue weighted by molar-refractivity contribution is -0.138. The van der Waals surface area contributed by atoms with Crippen molar-refractivity contribution in [3.63, 3.8) is 0 Å². The van der Waals surface area contributed by atoms with E-state index in [0.29, 0.717) is 22.1 Å². The van der Waals surface area contributed by atoms with Crippen molar-refractivity contribution < 1.29 is 22.0 Å². The van der Waals surface area contributed by atoms with E-state index in [1.54, 1.807) is 0 Å². The summed E-state index contributed by atoms with van der Waals surface area (Å²) in [5, 5.41) is 0. The molecule has 0 saturated carbocycles. The number of hydrogen-bond donors (Lipinski definition) is 0. The molecule has 5 nitrogen and oxygen atoms in total. The maximum Gasteiger partial charge on any atom is 0.418 e. The quantitative estimate of drug-likeness (QED) is 0.771. The minimum atomic E-state index is -4.65. The number of pyridine rings is 1. The second-order valence-electron chi connectivity index (χ2n) is 5.69. The third-order valence-corrected chi connectivity index (χ3v) is 3.66. The van der Waals surface area contributed by atoms with E-state index in [1.807, 2.05) is 0 Å². The summed E-state index contributed by atoms with van der Waals surface area (Å²) in [6, 6.07) is 1.32. The van der Waals surface area contributed by atoms with Gasteiger partial charge in [-0.25, -0.2) is 23.1 Å². The first kappa shape index (κ1) is 18.8. The van der Waals surface area contributed by atoms with Crippen LogP contribution in [-0.4, -0.2) is 14.1 Å². The highest BCUT2D eigenvalue weighted by Crippen LogP contribution is 2.32. The molecule has 2 aromatic rings. The van der Waals surface area contributed by atoms with Gasteiger partial charge in [0.05, 0.1) is 17.0 Å². The molecule has 0 spiro atoms. The van der Waals surface area contributed by atoms with Crippen LogP contribution in [-0.2, 0) is 19.1 Å². The van der Waals surface area contributed by atoms with E-state index in [2.05, 4.69) is 4.98 Å². The summed E-state index contributed by atoms with van der Waals surface area (Å²) in [6.07, 6.45) is -4.65. The van der Waals surface area contributed by atoms with Gasteiger partial charge >= 0.3 is 11.9 Å². The van der Waals surface area contributed by atoms with E-state index in [0.717, 1.165) is 20.0 Å². The zero-order valence-corrected chi connectivity index (χ0v) is 13.7. The molecule has 0 aromatic carbocycles. The average Bonchev–Trinajstić information content (AvgIpc) is 2.43. The number of halogens is 5. The summed E-state index contributed by atoms with van der Waals surface area (Å²) >= 11 is 0. The van der Waals surface area contributed by atoms with Crippen molar-refractivity contribution in [1.29, 1.82) is 0 Å². The minimum absolute atomic E-state index is 0.0897. The first-order valence-electron chi connectivity index (χ1n) is 7.02. The van der Waals surface area contributed by atoms with Crippen molar-refractivity contribution >= 4 is 0 Å². The Kier molecular flexibility index (Phi) is 4.35. The predicted molar refractivity (Wildman–Crippen MR) is 79.1 cm³/mol. The molecule has 0 atom stereocenters. The summed E-state index contributed by atoms with van der Waals surface area (Å²) < 4.78 is 66.7. The van der Waals surface area contributed by atoms with Crippen LogP contribution in [0, 0.1) is 13.8 Å². The van der Waals surface area contributed by atoms with Gasteiger partial charge in [0.1, 0.15) is 5.82 Å². The zero-order chi connectivity index (χ0) is 19.3. The van der Waals surface area contributed by atoms with Gasteiger partial charge in [-0.3, -0.25) is 9.36 Å². The van der Waals surface area contributed by atoms with Gasteiger partial charge in [-0.1, -0.05) is 0 Å². The van der Waals surface area contributed by atoms with Gasteiger partial charge in [0.15, 0.2) is 0 Å². The lowest BCUT2D eigenvalue weighted by Gasteiger charge is -2.18.